The molecule has 1 aliphatic rings. The summed E-state index contributed by atoms with van der Waals surface area (Å²) in [6.45, 7) is 3.39. The molecule has 3 heterocycles. The molecule has 7 heteroatoms. The molecule has 1 N–H and O–H groups in total. The molecule has 0 aliphatic carbocycles. The van der Waals surface area contributed by atoms with E-state index in [1.54, 1.807) is 22.2 Å². The number of aliphatic hydroxyl groups is 1. The Morgan fingerprint density at radius 2 is 2.36 bits per heavy atom. The summed E-state index contributed by atoms with van der Waals surface area (Å²) in [6.07, 6.45) is 3.59. The van der Waals surface area contributed by atoms with Crippen LogP contribution in [-0.2, 0) is 6.54 Å². The van der Waals surface area contributed by atoms with Crippen molar-refractivity contribution >= 4 is 17.2 Å². The Kier molecular flexibility index (Phi) is 4.54. The number of likely N-dealkylation sites (tertiary alicyclic amines) is 1. The third kappa shape index (κ3) is 3.20. The van der Waals surface area contributed by atoms with E-state index >= 15 is 0 Å². The van der Waals surface area contributed by atoms with E-state index in [2.05, 4.69) is 10.3 Å². The lowest BCUT2D eigenvalue weighted by Crippen LogP contribution is -2.46. The Hall–Kier alpha value is -1.73. The van der Waals surface area contributed by atoms with Crippen molar-refractivity contribution in [3.63, 3.8) is 0 Å². The predicted octanol–water partition coefficient (Wildman–Crippen LogP) is 1.62. The maximum atomic E-state index is 12.6. The summed E-state index contributed by atoms with van der Waals surface area (Å²) >= 11 is 1.66. The van der Waals surface area contributed by atoms with Gasteiger partial charge in [-0.1, -0.05) is 11.3 Å². The van der Waals surface area contributed by atoms with E-state index < -0.39 is 0 Å². The number of thiophene rings is 1. The quantitative estimate of drug-likeness (QED) is 0.929. The van der Waals surface area contributed by atoms with Gasteiger partial charge in [0.05, 0.1) is 12.7 Å². The van der Waals surface area contributed by atoms with Gasteiger partial charge in [0, 0.05) is 24.1 Å². The summed E-state index contributed by atoms with van der Waals surface area (Å²) in [4.78, 5) is 15.6. The lowest BCUT2D eigenvalue weighted by Gasteiger charge is -2.36. The van der Waals surface area contributed by atoms with Crippen LogP contribution in [0, 0.1) is 5.92 Å². The second-order valence-corrected chi connectivity index (χ2v) is 6.85. The van der Waals surface area contributed by atoms with Gasteiger partial charge in [0.2, 0.25) is 0 Å². The topological polar surface area (TPSA) is 71.2 Å². The van der Waals surface area contributed by atoms with Crippen molar-refractivity contribution < 1.29 is 9.90 Å². The normalized spacial score (nSPS) is 22.0. The molecule has 0 spiro atoms. The van der Waals surface area contributed by atoms with E-state index in [0.717, 1.165) is 12.8 Å². The molecule has 22 heavy (non-hydrogen) atoms. The number of aliphatic hydroxyl groups excluding tert-OH is 1. The monoisotopic (exact) mass is 320 g/mol. The van der Waals surface area contributed by atoms with Crippen molar-refractivity contribution in [1.82, 2.24) is 19.9 Å². The number of carbonyl (C=O) groups is 1. The van der Waals surface area contributed by atoms with Crippen LogP contribution in [0.3, 0.4) is 0 Å². The van der Waals surface area contributed by atoms with E-state index in [1.165, 1.54) is 4.88 Å². The number of amides is 1. The van der Waals surface area contributed by atoms with E-state index in [4.69, 9.17) is 0 Å². The minimum absolute atomic E-state index is 0.0944. The molecule has 2 aromatic rings. The number of hydrogen-bond donors (Lipinski definition) is 1. The zero-order valence-electron chi connectivity index (χ0n) is 12.6. The SMILES string of the molecule is CC1CCC(CO)CN1C(=O)c1cn(Cc2cccs2)nn1. The van der Waals surface area contributed by atoms with Crippen LogP contribution in [0.2, 0.25) is 0 Å². The van der Waals surface area contributed by atoms with E-state index in [9.17, 15) is 9.90 Å². The standard InChI is InChI=1S/C15H20N4O2S/c1-11-4-5-12(10-20)7-19(11)15(21)14-9-18(17-16-14)8-13-3-2-6-22-13/h2-3,6,9,11-12,20H,4-5,7-8,10H2,1H3. The summed E-state index contributed by atoms with van der Waals surface area (Å²) in [5, 5.41) is 19.4. The molecule has 3 rings (SSSR count). The molecule has 2 atom stereocenters. The second kappa shape index (κ2) is 6.58. The van der Waals surface area contributed by atoms with Crippen LogP contribution < -0.4 is 0 Å². The largest absolute Gasteiger partial charge is 0.396 e. The van der Waals surface area contributed by atoms with Gasteiger partial charge in [0.25, 0.3) is 5.91 Å². The van der Waals surface area contributed by atoms with E-state index in [0.29, 0.717) is 18.8 Å². The first-order valence-corrected chi connectivity index (χ1v) is 8.39. The summed E-state index contributed by atoms with van der Waals surface area (Å²) in [6, 6.07) is 4.21. The highest BCUT2D eigenvalue weighted by Gasteiger charge is 2.30. The first-order valence-electron chi connectivity index (χ1n) is 7.51. The third-order valence-electron chi connectivity index (χ3n) is 4.15. The highest BCUT2D eigenvalue weighted by atomic mass is 32.1. The van der Waals surface area contributed by atoms with Gasteiger partial charge in [-0.15, -0.1) is 16.4 Å². The summed E-state index contributed by atoms with van der Waals surface area (Å²) in [5.74, 6) is 0.0735. The molecule has 0 radical (unpaired) electrons. The number of piperidine rings is 1. The summed E-state index contributed by atoms with van der Waals surface area (Å²) in [5.41, 5.74) is 0.377. The maximum absolute atomic E-state index is 12.6. The predicted molar refractivity (Wildman–Crippen MR) is 83.8 cm³/mol. The minimum Gasteiger partial charge on any atom is -0.396 e. The fourth-order valence-electron chi connectivity index (χ4n) is 2.80. The molecule has 0 bridgehead atoms. The summed E-state index contributed by atoms with van der Waals surface area (Å²) in [7, 11) is 0. The van der Waals surface area contributed by atoms with Crippen molar-refractivity contribution in [3.05, 3.63) is 34.3 Å². The lowest BCUT2D eigenvalue weighted by atomic mass is 9.94. The van der Waals surface area contributed by atoms with E-state index in [1.807, 2.05) is 29.3 Å². The van der Waals surface area contributed by atoms with Crippen molar-refractivity contribution in [2.45, 2.75) is 32.4 Å². The fourth-order valence-corrected chi connectivity index (χ4v) is 3.49. The van der Waals surface area contributed by atoms with Gasteiger partial charge in [0.15, 0.2) is 5.69 Å². The van der Waals surface area contributed by atoms with Crippen molar-refractivity contribution in [3.8, 4) is 0 Å². The zero-order chi connectivity index (χ0) is 15.5. The molecule has 1 saturated heterocycles. The fraction of sp³-hybridized carbons (Fsp3) is 0.533. The van der Waals surface area contributed by atoms with Gasteiger partial charge < -0.3 is 10.0 Å². The third-order valence-corrected chi connectivity index (χ3v) is 5.02. The first kappa shape index (κ1) is 15.2. The van der Waals surface area contributed by atoms with Gasteiger partial charge in [-0.2, -0.15) is 0 Å². The minimum atomic E-state index is -0.0944. The molecular formula is C15H20N4O2S. The van der Waals surface area contributed by atoms with Gasteiger partial charge in [-0.3, -0.25) is 4.79 Å². The first-order chi connectivity index (χ1) is 10.7. The maximum Gasteiger partial charge on any atom is 0.276 e. The van der Waals surface area contributed by atoms with Crippen LogP contribution in [0.4, 0.5) is 0 Å². The summed E-state index contributed by atoms with van der Waals surface area (Å²) < 4.78 is 1.69. The molecule has 2 unspecified atom stereocenters. The smallest absolute Gasteiger partial charge is 0.276 e. The average Bonchev–Trinajstić information content (AvgIpc) is 3.19. The lowest BCUT2D eigenvalue weighted by molar-refractivity contribution is 0.0483. The van der Waals surface area contributed by atoms with Crippen LogP contribution in [-0.4, -0.2) is 50.1 Å². The van der Waals surface area contributed by atoms with Gasteiger partial charge in [-0.05, 0) is 37.1 Å². The molecule has 118 valence electrons. The van der Waals surface area contributed by atoms with Gasteiger partial charge in [-0.25, -0.2) is 4.68 Å². The molecule has 0 saturated carbocycles. The molecule has 1 amide bonds. The highest BCUT2D eigenvalue weighted by Crippen LogP contribution is 2.23. The van der Waals surface area contributed by atoms with E-state index in [-0.39, 0.29) is 24.5 Å². The van der Waals surface area contributed by atoms with Crippen LogP contribution >= 0.6 is 11.3 Å². The van der Waals surface area contributed by atoms with Crippen LogP contribution in [0.1, 0.15) is 35.1 Å². The Morgan fingerprint density at radius 3 is 3.09 bits per heavy atom. The second-order valence-electron chi connectivity index (χ2n) is 5.81. The number of aromatic nitrogens is 3. The molecule has 0 aromatic carbocycles. The number of carbonyl (C=O) groups excluding carboxylic acids is 1. The van der Waals surface area contributed by atoms with Crippen molar-refractivity contribution in [2.75, 3.05) is 13.2 Å². The van der Waals surface area contributed by atoms with Gasteiger partial charge in [0.1, 0.15) is 0 Å². The Morgan fingerprint density at radius 1 is 1.50 bits per heavy atom. The Bertz CT molecular complexity index is 625. The van der Waals surface area contributed by atoms with Crippen LogP contribution in [0.25, 0.3) is 0 Å². The molecule has 1 fully saturated rings. The molecular weight excluding hydrogens is 300 g/mol. The van der Waals surface area contributed by atoms with Gasteiger partial charge >= 0.3 is 0 Å². The van der Waals surface area contributed by atoms with Crippen LogP contribution in [0.15, 0.2) is 23.7 Å². The number of rotatable bonds is 4. The molecule has 6 nitrogen and oxygen atoms in total. The Labute approximate surface area is 133 Å². The average molecular weight is 320 g/mol. The molecule has 2 aromatic heterocycles. The van der Waals surface area contributed by atoms with Crippen molar-refractivity contribution in [1.29, 1.82) is 0 Å². The zero-order valence-corrected chi connectivity index (χ0v) is 13.4. The number of nitrogens with zero attached hydrogens (tertiary/aromatic N) is 4. The molecule has 1 aliphatic heterocycles. The number of hydrogen-bond acceptors (Lipinski definition) is 5. The Balaban J connectivity index is 1.70. The van der Waals surface area contributed by atoms with Crippen molar-refractivity contribution in [2.24, 2.45) is 5.92 Å². The highest BCUT2D eigenvalue weighted by molar-refractivity contribution is 7.09. The van der Waals surface area contributed by atoms with Crippen LogP contribution in [0.5, 0.6) is 0 Å².